The van der Waals surface area contributed by atoms with Gasteiger partial charge in [-0.25, -0.2) is 12.8 Å². The molecule has 0 aliphatic carbocycles. The number of carbonyl (C=O) groups excluding carboxylic acids is 1. The normalized spacial score (nSPS) is 11.3. The molecule has 4 nitrogen and oxygen atoms in total. The van der Waals surface area contributed by atoms with Gasteiger partial charge in [-0.05, 0) is 30.3 Å². The molecule has 0 bridgehead atoms. The SMILES string of the molecule is O=C(NCc1ccc(S(=O)(=O)Cl)s1)c1cccc(F)c1. The van der Waals surface area contributed by atoms with E-state index in [1.807, 2.05) is 0 Å². The maximum atomic E-state index is 13.0. The molecule has 1 N–H and O–H groups in total. The highest BCUT2D eigenvalue weighted by molar-refractivity contribution is 8.15. The van der Waals surface area contributed by atoms with Gasteiger partial charge in [0.05, 0.1) is 6.54 Å². The molecule has 1 amide bonds. The van der Waals surface area contributed by atoms with Crippen molar-refractivity contribution in [1.82, 2.24) is 5.32 Å². The quantitative estimate of drug-likeness (QED) is 0.875. The number of thiophene rings is 1. The van der Waals surface area contributed by atoms with Crippen LogP contribution in [0.1, 0.15) is 15.2 Å². The molecular weight excluding hydrogens is 325 g/mol. The molecular formula is C12H9ClFNO3S2. The van der Waals surface area contributed by atoms with Crippen LogP contribution in [-0.4, -0.2) is 14.3 Å². The van der Waals surface area contributed by atoms with Gasteiger partial charge in [0.2, 0.25) is 0 Å². The fourth-order valence-corrected chi connectivity index (χ4v) is 3.55. The van der Waals surface area contributed by atoms with E-state index >= 15 is 0 Å². The molecule has 0 aliphatic heterocycles. The van der Waals surface area contributed by atoms with E-state index in [0.717, 1.165) is 17.4 Å². The van der Waals surface area contributed by atoms with E-state index in [1.165, 1.54) is 24.3 Å². The van der Waals surface area contributed by atoms with Crippen LogP contribution in [0.15, 0.2) is 40.6 Å². The summed E-state index contributed by atoms with van der Waals surface area (Å²) < 4.78 is 35.2. The lowest BCUT2D eigenvalue weighted by Gasteiger charge is -2.03. The lowest BCUT2D eigenvalue weighted by Crippen LogP contribution is -2.22. The monoisotopic (exact) mass is 333 g/mol. The first-order valence-corrected chi connectivity index (χ1v) is 8.56. The molecule has 1 aromatic heterocycles. The largest absolute Gasteiger partial charge is 0.347 e. The Morgan fingerprint density at radius 2 is 2.05 bits per heavy atom. The van der Waals surface area contributed by atoms with Gasteiger partial charge < -0.3 is 5.32 Å². The van der Waals surface area contributed by atoms with Crippen LogP contribution in [0.3, 0.4) is 0 Å². The lowest BCUT2D eigenvalue weighted by molar-refractivity contribution is 0.0951. The molecule has 0 saturated carbocycles. The molecule has 8 heteroatoms. The molecule has 106 valence electrons. The average Bonchev–Trinajstić information content (AvgIpc) is 2.84. The van der Waals surface area contributed by atoms with Crippen molar-refractivity contribution in [3.8, 4) is 0 Å². The molecule has 0 atom stereocenters. The Morgan fingerprint density at radius 1 is 1.30 bits per heavy atom. The molecule has 2 aromatic rings. The summed E-state index contributed by atoms with van der Waals surface area (Å²) in [5.41, 5.74) is 0.201. The molecule has 0 radical (unpaired) electrons. The van der Waals surface area contributed by atoms with Crippen molar-refractivity contribution in [2.75, 3.05) is 0 Å². The van der Waals surface area contributed by atoms with E-state index in [0.29, 0.717) is 4.88 Å². The van der Waals surface area contributed by atoms with Crippen molar-refractivity contribution in [2.45, 2.75) is 10.8 Å². The zero-order valence-corrected chi connectivity index (χ0v) is 12.4. The van der Waals surface area contributed by atoms with E-state index in [2.05, 4.69) is 5.32 Å². The molecule has 1 aromatic carbocycles. The minimum Gasteiger partial charge on any atom is -0.347 e. The Hall–Kier alpha value is -1.44. The summed E-state index contributed by atoms with van der Waals surface area (Å²) in [5, 5.41) is 2.57. The zero-order valence-electron chi connectivity index (χ0n) is 9.97. The third-order valence-corrected chi connectivity index (χ3v) is 5.57. The van der Waals surface area contributed by atoms with E-state index in [4.69, 9.17) is 10.7 Å². The minimum atomic E-state index is -3.75. The van der Waals surface area contributed by atoms with Gasteiger partial charge in [0.1, 0.15) is 10.0 Å². The maximum absolute atomic E-state index is 13.0. The van der Waals surface area contributed by atoms with Crippen LogP contribution < -0.4 is 5.32 Å². The standard InChI is InChI=1S/C12H9ClFNO3S2/c13-20(17,18)11-5-4-10(19-11)7-15-12(16)8-2-1-3-9(14)6-8/h1-6H,7H2,(H,15,16). The molecule has 0 spiro atoms. The summed E-state index contributed by atoms with van der Waals surface area (Å²) in [6.45, 7) is 0.145. The van der Waals surface area contributed by atoms with Gasteiger partial charge >= 0.3 is 0 Å². The second kappa shape index (κ2) is 5.90. The average molecular weight is 334 g/mol. The number of rotatable bonds is 4. The number of halogens is 2. The number of amides is 1. The maximum Gasteiger partial charge on any atom is 0.270 e. The van der Waals surface area contributed by atoms with Gasteiger partial charge in [-0.15, -0.1) is 11.3 Å². The number of carbonyl (C=O) groups is 1. The Morgan fingerprint density at radius 3 is 2.65 bits per heavy atom. The van der Waals surface area contributed by atoms with Crippen molar-refractivity contribution < 1.29 is 17.6 Å². The van der Waals surface area contributed by atoms with Crippen LogP contribution in [0.5, 0.6) is 0 Å². The topological polar surface area (TPSA) is 63.2 Å². The van der Waals surface area contributed by atoms with E-state index < -0.39 is 20.8 Å². The predicted molar refractivity (Wildman–Crippen MR) is 74.9 cm³/mol. The van der Waals surface area contributed by atoms with Crippen molar-refractivity contribution in [3.05, 3.63) is 52.7 Å². The van der Waals surface area contributed by atoms with Crippen molar-refractivity contribution in [1.29, 1.82) is 0 Å². The first-order valence-electron chi connectivity index (χ1n) is 5.43. The highest BCUT2D eigenvalue weighted by Crippen LogP contribution is 2.24. The minimum absolute atomic E-state index is 0.0224. The van der Waals surface area contributed by atoms with Crippen LogP contribution in [0.4, 0.5) is 4.39 Å². The summed E-state index contributed by atoms with van der Waals surface area (Å²) in [6, 6.07) is 8.23. The van der Waals surface area contributed by atoms with Crippen LogP contribution in [0, 0.1) is 5.82 Å². The van der Waals surface area contributed by atoms with E-state index in [1.54, 1.807) is 6.07 Å². The van der Waals surface area contributed by atoms with Gasteiger partial charge in [0, 0.05) is 21.1 Å². The summed E-state index contributed by atoms with van der Waals surface area (Å²) in [7, 11) is 1.45. The van der Waals surface area contributed by atoms with Gasteiger partial charge in [0.15, 0.2) is 0 Å². The molecule has 0 saturated heterocycles. The number of hydrogen-bond donors (Lipinski definition) is 1. The fraction of sp³-hybridized carbons (Fsp3) is 0.0833. The fourth-order valence-electron chi connectivity index (χ4n) is 1.48. The summed E-state index contributed by atoms with van der Waals surface area (Å²) in [5.74, 6) is -0.933. The second-order valence-corrected chi connectivity index (χ2v) is 7.81. The zero-order chi connectivity index (χ0) is 14.8. The van der Waals surface area contributed by atoms with Gasteiger partial charge in [-0.1, -0.05) is 6.07 Å². The summed E-state index contributed by atoms with van der Waals surface area (Å²) in [4.78, 5) is 12.4. The molecule has 0 aliphatic rings. The highest BCUT2D eigenvalue weighted by atomic mass is 35.7. The molecule has 20 heavy (non-hydrogen) atoms. The van der Waals surface area contributed by atoms with Crippen LogP contribution >= 0.6 is 22.0 Å². The summed E-state index contributed by atoms with van der Waals surface area (Å²) in [6.07, 6.45) is 0. The Balaban J connectivity index is 2.02. The third kappa shape index (κ3) is 3.78. The first-order chi connectivity index (χ1) is 9.36. The van der Waals surface area contributed by atoms with Crippen LogP contribution in [-0.2, 0) is 15.6 Å². The van der Waals surface area contributed by atoms with Crippen LogP contribution in [0.2, 0.25) is 0 Å². The third-order valence-electron chi connectivity index (χ3n) is 2.39. The molecule has 1 heterocycles. The smallest absolute Gasteiger partial charge is 0.270 e. The number of benzene rings is 1. The van der Waals surface area contributed by atoms with Crippen molar-refractivity contribution in [3.63, 3.8) is 0 Å². The molecule has 0 fully saturated rings. The Bertz CT molecular complexity index is 743. The summed E-state index contributed by atoms with van der Waals surface area (Å²) >= 11 is 0.971. The van der Waals surface area contributed by atoms with Gasteiger partial charge in [-0.2, -0.15) is 0 Å². The van der Waals surface area contributed by atoms with E-state index in [-0.39, 0.29) is 16.3 Å². The second-order valence-electron chi connectivity index (χ2n) is 3.85. The number of nitrogens with one attached hydrogen (secondary N) is 1. The van der Waals surface area contributed by atoms with Gasteiger partial charge in [0.25, 0.3) is 15.0 Å². The first kappa shape index (κ1) is 15.0. The van der Waals surface area contributed by atoms with Gasteiger partial charge in [-0.3, -0.25) is 4.79 Å². The van der Waals surface area contributed by atoms with E-state index in [9.17, 15) is 17.6 Å². The van der Waals surface area contributed by atoms with Crippen molar-refractivity contribution >= 4 is 37.0 Å². The van der Waals surface area contributed by atoms with Crippen LogP contribution in [0.25, 0.3) is 0 Å². The number of hydrogen-bond acceptors (Lipinski definition) is 4. The Kier molecular flexibility index (Phi) is 4.42. The molecule has 0 unspecified atom stereocenters. The Labute approximate surface area is 123 Å². The van der Waals surface area contributed by atoms with Crippen molar-refractivity contribution in [2.24, 2.45) is 0 Å². The molecule has 2 rings (SSSR count). The predicted octanol–water partition coefficient (Wildman–Crippen LogP) is 2.74. The lowest BCUT2D eigenvalue weighted by atomic mass is 10.2. The highest BCUT2D eigenvalue weighted by Gasteiger charge is 2.13.